The van der Waals surface area contributed by atoms with Gasteiger partial charge in [-0.1, -0.05) is 0 Å². The number of hydrogen-bond acceptors (Lipinski definition) is 6. The van der Waals surface area contributed by atoms with E-state index in [1.807, 2.05) is 0 Å². The Hall–Kier alpha value is -2.17. The third kappa shape index (κ3) is 6.00. The molecular formula is C15H23N3O6S. The Morgan fingerprint density at radius 1 is 1.24 bits per heavy atom. The summed E-state index contributed by atoms with van der Waals surface area (Å²) in [7, 11) is 0.293. The molecule has 0 aliphatic heterocycles. The van der Waals surface area contributed by atoms with Gasteiger partial charge < -0.3 is 20.1 Å². The minimum atomic E-state index is -3.91. The van der Waals surface area contributed by atoms with Crippen molar-refractivity contribution in [1.82, 2.24) is 9.62 Å². The molecule has 0 saturated heterocycles. The Kier molecular flexibility index (Phi) is 7.81. The molecule has 1 aromatic carbocycles. The third-order valence-electron chi connectivity index (χ3n) is 3.18. The molecule has 0 atom stereocenters. The Morgan fingerprint density at radius 2 is 1.92 bits per heavy atom. The molecule has 140 valence electrons. The third-order valence-corrected chi connectivity index (χ3v) is 4.98. The van der Waals surface area contributed by atoms with Crippen molar-refractivity contribution in [3.63, 3.8) is 0 Å². The molecule has 0 saturated carbocycles. The van der Waals surface area contributed by atoms with Crippen molar-refractivity contribution >= 4 is 27.5 Å². The molecule has 0 heterocycles. The number of anilines is 1. The lowest BCUT2D eigenvalue weighted by Gasteiger charge is -2.18. The van der Waals surface area contributed by atoms with E-state index in [1.54, 1.807) is 0 Å². The molecule has 25 heavy (non-hydrogen) atoms. The molecule has 0 aromatic heterocycles. The number of rotatable bonds is 9. The zero-order valence-electron chi connectivity index (χ0n) is 14.7. The molecular weight excluding hydrogens is 350 g/mol. The van der Waals surface area contributed by atoms with Gasteiger partial charge in [-0.3, -0.25) is 9.59 Å². The summed E-state index contributed by atoms with van der Waals surface area (Å²) in [6.07, 6.45) is 0. The van der Waals surface area contributed by atoms with Crippen LogP contribution in [0.2, 0.25) is 0 Å². The van der Waals surface area contributed by atoms with E-state index >= 15 is 0 Å². The smallest absolute Gasteiger partial charge is 0.243 e. The second-order valence-corrected chi connectivity index (χ2v) is 7.19. The molecule has 0 bridgehead atoms. The van der Waals surface area contributed by atoms with Crippen LogP contribution < -0.4 is 15.4 Å². The van der Waals surface area contributed by atoms with Crippen molar-refractivity contribution < 1.29 is 27.5 Å². The van der Waals surface area contributed by atoms with Crippen molar-refractivity contribution in [1.29, 1.82) is 0 Å². The van der Waals surface area contributed by atoms with Crippen LogP contribution >= 0.6 is 0 Å². The van der Waals surface area contributed by atoms with E-state index in [4.69, 9.17) is 9.47 Å². The van der Waals surface area contributed by atoms with Gasteiger partial charge in [-0.05, 0) is 18.2 Å². The zero-order valence-corrected chi connectivity index (χ0v) is 15.5. The fourth-order valence-corrected chi connectivity index (χ4v) is 3.10. The summed E-state index contributed by atoms with van der Waals surface area (Å²) in [6.45, 7) is 1.59. The van der Waals surface area contributed by atoms with Gasteiger partial charge in [-0.25, -0.2) is 8.42 Å². The first-order valence-corrected chi connectivity index (χ1v) is 8.84. The first-order chi connectivity index (χ1) is 11.7. The second kappa shape index (κ2) is 9.35. The van der Waals surface area contributed by atoms with E-state index < -0.39 is 15.9 Å². The van der Waals surface area contributed by atoms with Gasteiger partial charge in [0.25, 0.3) is 0 Å². The highest BCUT2D eigenvalue weighted by Gasteiger charge is 2.24. The lowest BCUT2D eigenvalue weighted by atomic mass is 10.3. The van der Waals surface area contributed by atoms with Gasteiger partial charge in [-0.2, -0.15) is 4.31 Å². The number of amides is 2. The van der Waals surface area contributed by atoms with Crippen LogP contribution in [0.3, 0.4) is 0 Å². The number of sulfonamides is 1. The topological polar surface area (TPSA) is 114 Å². The van der Waals surface area contributed by atoms with Crippen LogP contribution in [0.5, 0.6) is 5.75 Å². The summed E-state index contributed by atoms with van der Waals surface area (Å²) in [5.74, 6) is -0.480. The van der Waals surface area contributed by atoms with Crippen molar-refractivity contribution in [2.75, 3.05) is 46.3 Å². The number of benzene rings is 1. The number of carbonyl (C=O) groups is 2. The van der Waals surface area contributed by atoms with Crippen LogP contribution in [0, 0.1) is 0 Å². The molecule has 0 aliphatic rings. The Balaban J connectivity index is 2.96. The predicted molar refractivity (Wildman–Crippen MR) is 92.0 cm³/mol. The summed E-state index contributed by atoms with van der Waals surface area (Å²) >= 11 is 0. The minimum absolute atomic E-state index is 0.0655. The van der Waals surface area contributed by atoms with Crippen molar-refractivity contribution in [3.8, 4) is 5.75 Å². The maximum absolute atomic E-state index is 12.6. The number of nitrogens with one attached hydrogen (secondary N) is 2. The van der Waals surface area contributed by atoms with Crippen LogP contribution in [0.4, 0.5) is 5.69 Å². The summed E-state index contributed by atoms with van der Waals surface area (Å²) in [4.78, 5) is 23.0. The van der Waals surface area contributed by atoms with E-state index in [1.165, 1.54) is 46.4 Å². The Morgan fingerprint density at radius 3 is 2.48 bits per heavy atom. The van der Waals surface area contributed by atoms with Crippen molar-refractivity contribution in [2.24, 2.45) is 0 Å². The summed E-state index contributed by atoms with van der Waals surface area (Å²) in [5, 5.41) is 5.06. The van der Waals surface area contributed by atoms with E-state index in [0.29, 0.717) is 18.9 Å². The van der Waals surface area contributed by atoms with E-state index in [2.05, 4.69) is 10.6 Å². The van der Waals surface area contributed by atoms with Gasteiger partial charge in [0, 0.05) is 27.6 Å². The first-order valence-electron chi connectivity index (χ1n) is 7.40. The minimum Gasteiger partial charge on any atom is -0.495 e. The van der Waals surface area contributed by atoms with Crippen LogP contribution in [0.25, 0.3) is 0 Å². The van der Waals surface area contributed by atoms with Gasteiger partial charge in [0.15, 0.2) is 0 Å². The van der Waals surface area contributed by atoms with Crippen LogP contribution in [-0.2, 0) is 24.3 Å². The second-order valence-electron chi connectivity index (χ2n) is 5.15. The maximum atomic E-state index is 12.6. The molecule has 1 rings (SSSR count). The largest absolute Gasteiger partial charge is 0.495 e. The number of nitrogens with zero attached hydrogens (tertiary/aromatic N) is 1. The van der Waals surface area contributed by atoms with Gasteiger partial charge >= 0.3 is 0 Å². The highest BCUT2D eigenvalue weighted by atomic mass is 32.2. The molecule has 0 radical (unpaired) electrons. The molecule has 2 N–H and O–H groups in total. The highest BCUT2D eigenvalue weighted by Crippen LogP contribution is 2.28. The lowest BCUT2D eigenvalue weighted by Crippen LogP contribution is -2.39. The summed E-state index contributed by atoms with van der Waals surface area (Å²) in [6, 6.07) is 4.07. The number of carbonyl (C=O) groups excluding carboxylic acids is 2. The van der Waals surface area contributed by atoms with Crippen molar-refractivity contribution in [2.45, 2.75) is 11.8 Å². The van der Waals surface area contributed by atoms with Crippen molar-refractivity contribution in [3.05, 3.63) is 18.2 Å². The van der Waals surface area contributed by atoms with Gasteiger partial charge in [-0.15, -0.1) is 0 Å². The molecule has 0 aliphatic carbocycles. The Labute approximate surface area is 147 Å². The first kappa shape index (κ1) is 20.9. The van der Waals surface area contributed by atoms with Crippen LogP contribution in [0.15, 0.2) is 23.1 Å². The molecule has 2 amide bonds. The predicted octanol–water partition coefficient (Wildman–Crippen LogP) is 0.0367. The normalized spacial score (nSPS) is 11.2. The SMILES string of the molecule is COCCNC(=O)CN(C)S(=O)(=O)c1ccc(OC)c(NC(C)=O)c1. The number of ether oxygens (including phenoxy) is 2. The van der Waals surface area contributed by atoms with Gasteiger partial charge in [0.2, 0.25) is 21.8 Å². The van der Waals surface area contributed by atoms with E-state index in [0.717, 1.165) is 4.31 Å². The standard InChI is InChI=1S/C15H23N3O6S/c1-11(19)17-13-9-12(5-6-14(13)24-4)25(21,22)18(2)10-15(20)16-7-8-23-3/h5-6,9H,7-8,10H2,1-4H3,(H,16,20)(H,17,19). The van der Waals surface area contributed by atoms with Crippen LogP contribution in [0.1, 0.15) is 6.92 Å². The molecule has 9 nitrogen and oxygen atoms in total. The fraction of sp³-hybridized carbons (Fsp3) is 0.467. The van der Waals surface area contributed by atoms with Gasteiger partial charge in [0.05, 0.1) is 30.8 Å². The molecule has 0 unspecified atom stereocenters. The summed E-state index contributed by atoms with van der Waals surface area (Å²) in [5.41, 5.74) is 0.231. The molecule has 0 spiro atoms. The van der Waals surface area contributed by atoms with Crippen LogP contribution in [-0.4, -0.2) is 65.5 Å². The van der Waals surface area contributed by atoms with E-state index in [-0.39, 0.29) is 23.0 Å². The quantitative estimate of drug-likeness (QED) is 0.591. The average Bonchev–Trinajstić information content (AvgIpc) is 2.54. The van der Waals surface area contributed by atoms with E-state index in [9.17, 15) is 18.0 Å². The van der Waals surface area contributed by atoms with Gasteiger partial charge in [0.1, 0.15) is 5.75 Å². The molecule has 1 aromatic rings. The lowest BCUT2D eigenvalue weighted by molar-refractivity contribution is -0.121. The number of hydrogen-bond donors (Lipinski definition) is 2. The monoisotopic (exact) mass is 373 g/mol. The highest BCUT2D eigenvalue weighted by molar-refractivity contribution is 7.89. The Bertz CT molecular complexity index is 720. The molecule has 10 heteroatoms. The average molecular weight is 373 g/mol. The molecule has 0 fully saturated rings. The fourth-order valence-electron chi connectivity index (χ4n) is 1.95. The zero-order chi connectivity index (χ0) is 19.0. The number of likely N-dealkylation sites (N-methyl/N-ethyl adjacent to an activating group) is 1. The maximum Gasteiger partial charge on any atom is 0.243 e. The number of methoxy groups -OCH3 is 2. The summed E-state index contributed by atoms with van der Waals surface area (Å²) < 4.78 is 36.0.